The molecule has 2 aliphatic rings. The molecule has 1 aromatic carbocycles. The average Bonchev–Trinajstić information content (AvgIpc) is 3.38. The molecule has 7 nitrogen and oxygen atoms in total. The summed E-state index contributed by atoms with van der Waals surface area (Å²) in [5.74, 6) is 0.729. The summed E-state index contributed by atoms with van der Waals surface area (Å²) < 4.78 is 25.5. The van der Waals surface area contributed by atoms with Gasteiger partial charge in [0.2, 0.25) is 10.0 Å². The van der Waals surface area contributed by atoms with E-state index in [9.17, 15) is 8.42 Å². The number of aliphatic imine (C=N–C) groups is 1. The molecule has 0 saturated carbocycles. The van der Waals surface area contributed by atoms with Crippen LogP contribution in [0.25, 0.3) is 0 Å². The largest absolute Gasteiger partial charge is 0.372 e. The quantitative estimate of drug-likeness (QED) is 0.522. The first-order chi connectivity index (χ1) is 13.9. The summed E-state index contributed by atoms with van der Waals surface area (Å²) in [5, 5.41) is 6.77. The average molecular weight is 422 g/mol. The number of nitrogens with one attached hydrogen (secondary N) is 2. The van der Waals surface area contributed by atoms with Gasteiger partial charge in [0.15, 0.2) is 5.96 Å². The first kappa shape index (κ1) is 21.9. The molecule has 0 radical (unpaired) electrons. The van der Waals surface area contributed by atoms with Crippen molar-refractivity contribution in [3.63, 3.8) is 0 Å². The van der Waals surface area contributed by atoms with Crippen molar-refractivity contribution >= 4 is 21.7 Å². The van der Waals surface area contributed by atoms with E-state index in [1.807, 2.05) is 6.92 Å². The Labute approximate surface area is 175 Å². The highest BCUT2D eigenvalue weighted by atomic mass is 32.2. The third kappa shape index (κ3) is 5.85. The second kappa shape index (κ2) is 9.80. The number of hydrogen-bond donors (Lipinski definition) is 2. The number of nitrogens with zero attached hydrogens (tertiary/aromatic N) is 3. The van der Waals surface area contributed by atoms with Gasteiger partial charge in [-0.15, -0.1) is 0 Å². The number of rotatable bonds is 7. The number of hydrogen-bond acceptors (Lipinski definition) is 4. The van der Waals surface area contributed by atoms with E-state index in [-0.39, 0.29) is 12.1 Å². The fourth-order valence-electron chi connectivity index (χ4n) is 4.20. The highest BCUT2D eigenvalue weighted by Crippen LogP contribution is 2.24. The molecule has 8 heteroatoms. The Kier molecular flexibility index (Phi) is 7.40. The highest BCUT2D eigenvalue weighted by molar-refractivity contribution is 7.88. The van der Waals surface area contributed by atoms with E-state index in [4.69, 9.17) is 4.99 Å². The monoisotopic (exact) mass is 421 g/mol. The topological polar surface area (TPSA) is 77.0 Å². The molecule has 2 atom stereocenters. The van der Waals surface area contributed by atoms with Crippen LogP contribution in [-0.2, 0) is 10.0 Å². The lowest BCUT2D eigenvalue weighted by Gasteiger charge is -2.23. The van der Waals surface area contributed by atoms with Crippen molar-refractivity contribution in [2.45, 2.75) is 51.6 Å². The summed E-state index contributed by atoms with van der Waals surface area (Å²) in [6, 6.07) is 8.76. The second-order valence-electron chi connectivity index (χ2n) is 8.04. The Morgan fingerprint density at radius 3 is 2.69 bits per heavy atom. The molecule has 0 spiro atoms. The third-order valence-corrected chi connectivity index (χ3v) is 7.08. The normalized spacial score (nSPS) is 22.1. The van der Waals surface area contributed by atoms with Gasteiger partial charge in [-0.3, -0.25) is 4.99 Å². The van der Waals surface area contributed by atoms with Crippen LogP contribution in [-0.4, -0.2) is 63.7 Å². The Hall–Kier alpha value is -1.80. The number of guanidine groups is 1. The minimum atomic E-state index is -3.17. The fourth-order valence-corrected chi connectivity index (χ4v) is 5.37. The molecule has 0 aliphatic carbocycles. The Bertz CT molecular complexity index is 805. The zero-order valence-electron chi connectivity index (χ0n) is 17.9. The maximum atomic E-state index is 12.0. The molecular weight excluding hydrogens is 386 g/mol. The van der Waals surface area contributed by atoms with E-state index in [0.717, 1.165) is 38.4 Å². The lowest BCUT2D eigenvalue weighted by atomic mass is 10.1. The number of sulfonamides is 1. The molecule has 29 heavy (non-hydrogen) atoms. The smallest absolute Gasteiger partial charge is 0.211 e. The zero-order valence-corrected chi connectivity index (χ0v) is 18.7. The van der Waals surface area contributed by atoms with Gasteiger partial charge in [-0.05, 0) is 57.2 Å². The van der Waals surface area contributed by atoms with Gasteiger partial charge in [-0.25, -0.2) is 8.42 Å². The van der Waals surface area contributed by atoms with Crippen molar-refractivity contribution < 1.29 is 8.42 Å². The van der Waals surface area contributed by atoms with Crippen molar-refractivity contribution in [1.82, 2.24) is 14.9 Å². The number of benzene rings is 1. The van der Waals surface area contributed by atoms with Crippen molar-refractivity contribution in [3.8, 4) is 0 Å². The lowest BCUT2D eigenvalue weighted by molar-refractivity contribution is 0.396. The van der Waals surface area contributed by atoms with Crippen LogP contribution in [0.3, 0.4) is 0 Å². The van der Waals surface area contributed by atoms with Crippen LogP contribution >= 0.6 is 0 Å². The second-order valence-corrected chi connectivity index (χ2v) is 9.98. The molecule has 0 amide bonds. The summed E-state index contributed by atoms with van der Waals surface area (Å²) in [6.07, 6.45) is 5.58. The molecule has 0 aromatic heterocycles. The van der Waals surface area contributed by atoms with Gasteiger partial charge in [-0.2, -0.15) is 4.31 Å². The summed E-state index contributed by atoms with van der Waals surface area (Å²) in [6.45, 7) is 8.27. The predicted octanol–water partition coefficient (Wildman–Crippen LogP) is 2.33. The molecule has 2 N–H and O–H groups in total. The fraction of sp³-hybridized carbons (Fsp3) is 0.667. The van der Waals surface area contributed by atoms with Gasteiger partial charge >= 0.3 is 0 Å². The van der Waals surface area contributed by atoms with Gasteiger partial charge in [0.05, 0.1) is 18.8 Å². The van der Waals surface area contributed by atoms with Gasteiger partial charge in [-0.1, -0.05) is 12.1 Å². The van der Waals surface area contributed by atoms with Crippen molar-refractivity contribution in [2.24, 2.45) is 4.99 Å². The van der Waals surface area contributed by atoms with Crippen LogP contribution in [0.15, 0.2) is 29.3 Å². The van der Waals surface area contributed by atoms with E-state index < -0.39 is 10.0 Å². The van der Waals surface area contributed by atoms with Crippen LogP contribution in [0.5, 0.6) is 0 Å². The van der Waals surface area contributed by atoms with E-state index in [1.165, 1.54) is 30.3 Å². The maximum Gasteiger partial charge on any atom is 0.211 e. The summed E-state index contributed by atoms with van der Waals surface area (Å²) in [4.78, 5) is 7.14. The minimum absolute atomic E-state index is 0.0470. The Morgan fingerprint density at radius 2 is 2.00 bits per heavy atom. The maximum absolute atomic E-state index is 12.0. The number of anilines is 1. The zero-order chi connectivity index (χ0) is 20.9. The predicted molar refractivity (Wildman–Crippen MR) is 120 cm³/mol. The van der Waals surface area contributed by atoms with E-state index >= 15 is 0 Å². The van der Waals surface area contributed by atoms with Crippen LogP contribution < -0.4 is 15.5 Å². The SMILES string of the molecule is CCNC(=NC[C@H]1CCCN1S(C)(=O)=O)NC(C)c1cccc(N2CCCC2)c1. The Balaban J connectivity index is 1.66. The Morgan fingerprint density at radius 1 is 1.24 bits per heavy atom. The molecule has 2 fully saturated rings. The van der Waals surface area contributed by atoms with Gasteiger partial charge < -0.3 is 15.5 Å². The molecule has 2 aliphatic heterocycles. The molecule has 2 saturated heterocycles. The van der Waals surface area contributed by atoms with E-state index in [2.05, 4.69) is 46.7 Å². The first-order valence-corrected chi connectivity index (χ1v) is 12.6. The molecule has 1 unspecified atom stereocenters. The van der Waals surface area contributed by atoms with Crippen LogP contribution in [0.1, 0.15) is 51.1 Å². The molecular formula is C21H35N5O2S. The van der Waals surface area contributed by atoms with E-state index in [0.29, 0.717) is 13.1 Å². The summed E-state index contributed by atoms with van der Waals surface area (Å²) in [7, 11) is -3.17. The summed E-state index contributed by atoms with van der Waals surface area (Å²) in [5.41, 5.74) is 2.50. The van der Waals surface area contributed by atoms with Gasteiger partial charge in [0.25, 0.3) is 0 Å². The van der Waals surface area contributed by atoms with Crippen LogP contribution in [0, 0.1) is 0 Å². The third-order valence-electron chi connectivity index (χ3n) is 5.75. The lowest BCUT2D eigenvalue weighted by Crippen LogP contribution is -2.41. The van der Waals surface area contributed by atoms with Gasteiger partial charge in [0.1, 0.15) is 0 Å². The molecule has 2 heterocycles. The van der Waals surface area contributed by atoms with E-state index in [1.54, 1.807) is 4.31 Å². The van der Waals surface area contributed by atoms with Crippen LogP contribution in [0.2, 0.25) is 0 Å². The standard InChI is InChI=1S/C21H35N5O2S/c1-4-22-21(23-16-20-11-8-14-26(20)29(3,27)28)24-17(2)18-9-7-10-19(15-18)25-12-5-6-13-25/h7,9-10,15,17,20H,4-6,8,11-14,16H2,1-3H3,(H2,22,23,24)/t17?,20-/m1/s1. The molecule has 162 valence electrons. The highest BCUT2D eigenvalue weighted by Gasteiger charge is 2.31. The summed E-state index contributed by atoms with van der Waals surface area (Å²) >= 11 is 0. The first-order valence-electron chi connectivity index (χ1n) is 10.7. The molecule has 3 rings (SSSR count). The minimum Gasteiger partial charge on any atom is -0.372 e. The van der Waals surface area contributed by atoms with Crippen molar-refractivity contribution in [3.05, 3.63) is 29.8 Å². The molecule has 0 bridgehead atoms. The van der Waals surface area contributed by atoms with Gasteiger partial charge in [0, 0.05) is 37.9 Å². The van der Waals surface area contributed by atoms with Crippen molar-refractivity contribution in [1.29, 1.82) is 0 Å². The molecule has 1 aromatic rings. The van der Waals surface area contributed by atoms with Crippen molar-refractivity contribution in [2.75, 3.05) is 43.9 Å². The van der Waals surface area contributed by atoms with Crippen LogP contribution in [0.4, 0.5) is 5.69 Å².